The zero-order chi connectivity index (χ0) is 11.4. The Balaban J connectivity index is 3.15. The molecular formula is C10H13F2NO2. The largest absolute Gasteiger partial charge is 0.394 e. The third kappa shape index (κ3) is 2.50. The molecule has 0 aliphatic heterocycles. The number of methoxy groups -OCH3 is 1. The zero-order valence-corrected chi connectivity index (χ0v) is 8.34. The van der Waals surface area contributed by atoms with Crippen LogP contribution in [0.1, 0.15) is 17.2 Å². The summed E-state index contributed by atoms with van der Waals surface area (Å²) < 4.78 is 31.5. The van der Waals surface area contributed by atoms with Crippen molar-refractivity contribution in [2.45, 2.75) is 12.6 Å². The van der Waals surface area contributed by atoms with E-state index < -0.39 is 24.3 Å². The van der Waals surface area contributed by atoms with Gasteiger partial charge in [0.15, 0.2) is 0 Å². The van der Waals surface area contributed by atoms with Crippen LogP contribution < -0.4 is 5.73 Å². The highest BCUT2D eigenvalue weighted by Crippen LogP contribution is 2.21. The molecular weight excluding hydrogens is 204 g/mol. The number of hydrogen-bond donors (Lipinski definition) is 2. The standard InChI is InChI=1S/C10H13F2NO2/c1-15-5-7-8(11)3-2-6(10(7)12)9(13)4-14/h2-3,9,14H,4-5,13H2,1H3. The van der Waals surface area contributed by atoms with E-state index in [0.29, 0.717) is 0 Å². The molecule has 1 aromatic carbocycles. The van der Waals surface area contributed by atoms with Gasteiger partial charge in [-0.1, -0.05) is 6.07 Å². The average molecular weight is 217 g/mol. The quantitative estimate of drug-likeness (QED) is 0.794. The van der Waals surface area contributed by atoms with Crippen LogP contribution in [-0.4, -0.2) is 18.8 Å². The normalized spacial score (nSPS) is 12.9. The Morgan fingerprint density at radius 1 is 1.47 bits per heavy atom. The first-order valence-corrected chi connectivity index (χ1v) is 4.44. The van der Waals surface area contributed by atoms with E-state index in [1.165, 1.54) is 13.2 Å². The van der Waals surface area contributed by atoms with E-state index in [2.05, 4.69) is 4.74 Å². The van der Waals surface area contributed by atoms with Gasteiger partial charge in [0, 0.05) is 18.2 Å². The van der Waals surface area contributed by atoms with Crippen molar-refractivity contribution in [2.24, 2.45) is 5.73 Å². The lowest BCUT2D eigenvalue weighted by molar-refractivity contribution is 0.177. The van der Waals surface area contributed by atoms with Crippen LogP contribution in [0.25, 0.3) is 0 Å². The Kier molecular flexibility index (Phi) is 4.14. The molecule has 0 heterocycles. The molecule has 0 amide bonds. The highest BCUT2D eigenvalue weighted by Gasteiger charge is 2.17. The van der Waals surface area contributed by atoms with E-state index in [9.17, 15) is 8.78 Å². The monoisotopic (exact) mass is 217 g/mol. The van der Waals surface area contributed by atoms with E-state index in [-0.39, 0.29) is 17.7 Å². The summed E-state index contributed by atoms with van der Waals surface area (Å²) in [4.78, 5) is 0. The van der Waals surface area contributed by atoms with E-state index in [1.807, 2.05) is 0 Å². The van der Waals surface area contributed by atoms with Gasteiger partial charge in [0.2, 0.25) is 0 Å². The molecule has 1 rings (SSSR count). The van der Waals surface area contributed by atoms with Crippen LogP contribution in [-0.2, 0) is 11.3 Å². The Bertz CT molecular complexity index is 344. The maximum absolute atomic E-state index is 13.6. The van der Waals surface area contributed by atoms with Crippen LogP contribution in [0.4, 0.5) is 8.78 Å². The lowest BCUT2D eigenvalue weighted by atomic mass is 10.0. The second kappa shape index (κ2) is 5.16. The zero-order valence-electron chi connectivity index (χ0n) is 8.34. The van der Waals surface area contributed by atoms with Crippen LogP contribution in [0.15, 0.2) is 12.1 Å². The van der Waals surface area contributed by atoms with Crippen LogP contribution >= 0.6 is 0 Å². The van der Waals surface area contributed by atoms with Gasteiger partial charge in [0.05, 0.1) is 19.3 Å². The SMILES string of the molecule is COCc1c(F)ccc(C(N)CO)c1F. The van der Waals surface area contributed by atoms with Crippen molar-refractivity contribution < 1.29 is 18.6 Å². The fourth-order valence-corrected chi connectivity index (χ4v) is 1.28. The summed E-state index contributed by atoms with van der Waals surface area (Å²) in [6, 6.07) is 1.49. The van der Waals surface area contributed by atoms with Crippen molar-refractivity contribution in [1.29, 1.82) is 0 Å². The van der Waals surface area contributed by atoms with Gasteiger partial charge in [-0.3, -0.25) is 0 Å². The highest BCUT2D eigenvalue weighted by molar-refractivity contribution is 5.29. The van der Waals surface area contributed by atoms with Crippen LogP contribution in [0.5, 0.6) is 0 Å². The van der Waals surface area contributed by atoms with Gasteiger partial charge in [0.25, 0.3) is 0 Å². The van der Waals surface area contributed by atoms with E-state index >= 15 is 0 Å². The smallest absolute Gasteiger partial charge is 0.136 e. The molecule has 5 heteroatoms. The van der Waals surface area contributed by atoms with E-state index in [0.717, 1.165) is 6.07 Å². The molecule has 1 unspecified atom stereocenters. The predicted molar refractivity (Wildman–Crippen MR) is 51.1 cm³/mol. The van der Waals surface area contributed by atoms with Crippen molar-refractivity contribution in [3.8, 4) is 0 Å². The first-order chi connectivity index (χ1) is 7.11. The molecule has 3 nitrogen and oxygen atoms in total. The van der Waals surface area contributed by atoms with Gasteiger partial charge in [-0.2, -0.15) is 0 Å². The van der Waals surface area contributed by atoms with Crippen LogP contribution in [0.2, 0.25) is 0 Å². The van der Waals surface area contributed by atoms with Gasteiger partial charge >= 0.3 is 0 Å². The first kappa shape index (κ1) is 12.0. The summed E-state index contributed by atoms with van der Waals surface area (Å²) in [7, 11) is 1.34. The van der Waals surface area contributed by atoms with Gasteiger partial charge in [-0.25, -0.2) is 8.78 Å². The van der Waals surface area contributed by atoms with E-state index in [1.54, 1.807) is 0 Å². The molecule has 0 aliphatic carbocycles. The van der Waals surface area contributed by atoms with Crippen LogP contribution in [0.3, 0.4) is 0 Å². The third-order valence-electron chi connectivity index (χ3n) is 2.10. The lowest BCUT2D eigenvalue weighted by Gasteiger charge is -2.13. The predicted octanol–water partition coefficient (Wildman–Crippen LogP) is 1.10. The molecule has 0 fully saturated rings. The third-order valence-corrected chi connectivity index (χ3v) is 2.10. The van der Waals surface area contributed by atoms with Gasteiger partial charge < -0.3 is 15.6 Å². The Hall–Kier alpha value is -1.04. The van der Waals surface area contributed by atoms with Gasteiger partial charge in [-0.05, 0) is 6.07 Å². The number of halogens is 2. The molecule has 0 aliphatic rings. The lowest BCUT2D eigenvalue weighted by Crippen LogP contribution is -2.17. The van der Waals surface area contributed by atoms with E-state index in [4.69, 9.17) is 10.8 Å². The molecule has 0 saturated heterocycles. The maximum atomic E-state index is 13.6. The average Bonchev–Trinajstić information content (AvgIpc) is 2.23. The second-order valence-corrected chi connectivity index (χ2v) is 3.15. The fraction of sp³-hybridized carbons (Fsp3) is 0.400. The molecule has 84 valence electrons. The summed E-state index contributed by atoms with van der Waals surface area (Å²) in [6.07, 6.45) is 0. The Labute approximate surface area is 86.5 Å². The molecule has 0 bridgehead atoms. The summed E-state index contributed by atoms with van der Waals surface area (Å²) >= 11 is 0. The summed E-state index contributed by atoms with van der Waals surface area (Å²) in [5.41, 5.74) is 5.38. The topological polar surface area (TPSA) is 55.5 Å². The minimum absolute atomic E-state index is 0.0888. The molecule has 0 spiro atoms. The number of aliphatic hydroxyl groups is 1. The number of hydrogen-bond acceptors (Lipinski definition) is 3. The number of ether oxygens (including phenoxy) is 1. The Morgan fingerprint density at radius 2 is 2.13 bits per heavy atom. The van der Waals surface area contributed by atoms with Crippen molar-refractivity contribution in [3.63, 3.8) is 0 Å². The molecule has 1 atom stereocenters. The summed E-state index contributed by atoms with van der Waals surface area (Å²) in [5.74, 6) is -1.43. The molecule has 3 N–H and O–H groups in total. The number of aliphatic hydroxyl groups excluding tert-OH is 1. The molecule has 0 saturated carbocycles. The van der Waals surface area contributed by atoms with Crippen molar-refractivity contribution in [1.82, 2.24) is 0 Å². The molecule has 15 heavy (non-hydrogen) atoms. The number of rotatable bonds is 4. The van der Waals surface area contributed by atoms with Gasteiger partial charge in [-0.15, -0.1) is 0 Å². The number of benzene rings is 1. The first-order valence-electron chi connectivity index (χ1n) is 4.44. The highest BCUT2D eigenvalue weighted by atomic mass is 19.1. The van der Waals surface area contributed by atoms with Crippen LogP contribution in [0, 0.1) is 11.6 Å². The van der Waals surface area contributed by atoms with Crippen molar-refractivity contribution in [3.05, 3.63) is 34.9 Å². The molecule has 1 aromatic rings. The Morgan fingerprint density at radius 3 is 2.67 bits per heavy atom. The van der Waals surface area contributed by atoms with Crippen molar-refractivity contribution in [2.75, 3.05) is 13.7 Å². The maximum Gasteiger partial charge on any atom is 0.136 e. The number of nitrogens with two attached hydrogens (primary N) is 1. The minimum atomic E-state index is -0.846. The fourth-order valence-electron chi connectivity index (χ4n) is 1.28. The molecule has 0 aromatic heterocycles. The molecule has 0 radical (unpaired) electrons. The summed E-state index contributed by atoms with van der Waals surface area (Å²) in [6.45, 7) is -0.557. The van der Waals surface area contributed by atoms with Gasteiger partial charge in [0.1, 0.15) is 11.6 Å². The minimum Gasteiger partial charge on any atom is -0.394 e. The summed E-state index contributed by atoms with van der Waals surface area (Å²) in [5, 5.41) is 8.79. The van der Waals surface area contributed by atoms with Crippen molar-refractivity contribution >= 4 is 0 Å². The second-order valence-electron chi connectivity index (χ2n) is 3.15.